The largest absolute Gasteiger partial charge is 0.386 e. The Labute approximate surface area is 143 Å². The Kier molecular flexibility index (Phi) is 4.76. The van der Waals surface area contributed by atoms with Gasteiger partial charge in [0.1, 0.15) is 0 Å². The number of hydrogen-bond acceptors (Lipinski definition) is 3. The molecule has 0 aromatic heterocycles. The average Bonchev–Trinajstić information content (AvgIpc) is 2.88. The molecule has 4 nitrogen and oxygen atoms in total. The molecule has 0 fully saturated rings. The third-order valence-corrected chi connectivity index (χ3v) is 4.56. The fourth-order valence-corrected chi connectivity index (χ4v) is 3.17. The van der Waals surface area contributed by atoms with Gasteiger partial charge in [-0.2, -0.15) is 0 Å². The minimum Gasteiger partial charge on any atom is -0.386 e. The molecule has 118 valence electrons. The van der Waals surface area contributed by atoms with E-state index < -0.39 is 0 Å². The first-order chi connectivity index (χ1) is 11.2. The fraction of sp³-hybridized carbons (Fsp3) is 0.222. The van der Waals surface area contributed by atoms with Crippen LogP contribution in [0.3, 0.4) is 0 Å². The van der Waals surface area contributed by atoms with Gasteiger partial charge in [-0.05, 0) is 31.0 Å². The molecule has 0 radical (unpaired) electrons. The van der Waals surface area contributed by atoms with Gasteiger partial charge in [0, 0.05) is 21.8 Å². The smallest absolute Gasteiger partial charge is 0.268 e. The first-order valence-corrected chi connectivity index (χ1v) is 8.26. The number of carbonyl (C=O) groups is 1. The zero-order valence-electron chi connectivity index (χ0n) is 12.8. The summed E-state index contributed by atoms with van der Waals surface area (Å²) in [6.45, 7) is 1.97. The van der Waals surface area contributed by atoms with Crippen LogP contribution in [-0.4, -0.2) is 24.8 Å². The molecule has 0 aliphatic carbocycles. The Morgan fingerprint density at radius 3 is 2.87 bits per heavy atom. The minimum absolute atomic E-state index is 0.0698. The van der Waals surface area contributed by atoms with Crippen LogP contribution < -0.4 is 4.90 Å². The van der Waals surface area contributed by atoms with Gasteiger partial charge in [0.15, 0.2) is 6.61 Å². The number of benzene rings is 2. The highest BCUT2D eigenvalue weighted by atomic mass is 79.9. The van der Waals surface area contributed by atoms with Crippen molar-refractivity contribution in [2.75, 3.05) is 11.5 Å². The number of para-hydroxylation sites is 1. The van der Waals surface area contributed by atoms with Crippen molar-refractivity contribution in [3.63, 3.8) is 0 Å². The molecule has 1 unspecified atom stereocenters. The molecule has 1 amide bonds. The summed E-state index contributed by atoms with van der Waals surface area (Å²) < 4.78 is 0.931. The number of fused-ring (bicyclic) bond motifs is 1. The first-order valence-electron chi connectivity index (χ1n) is 7.46. The van der Waals surface area contributed by atoms with Gasteiger partial charge in [0.2, 0.25) is 0 Å². The van der Waals surface area contributed by atoms with Crippen LogP contribution >= 0.6 is 15.9 Å². The molecule has 2 aromatic carbocycles. The van der Waals surface area contributed by atoms with Gasteiger partial charge in [0.25, 0.3) is 5.91 Å². The highest BCUT2D eigenvalue weighted by Crippen LogP contribution is 2.31. The van der Waals surface area contributed by atoms with Gasteiger partial charge >= 0.3 is 0 Å². The highest BCUT2D eigenvalue weighted by molar-refractivity contribution is 9.10. The van der Waals surface area contributed by atoms with Crippen LogP contribution in [0.15, 0.2) is 58.2 Å². The standard InChI is InChI=1S/C18H17BrN2O2/c1-13-10-14-6-3-5-9-17(14)21(13)18(22)12-23-20-11-15-7-2-4-8-16(15)19/h2-9,11,13H,10,12H2,1H3/b20-11+. The molecule has 0 saturated heterocycles. The molecule has 0 saturated carbocycles. The number of halogens is 1. The number of amides is 1. The molecule has 0 N–H and O–H groups in total. The SMILES string of the molecule is CC1Cc2ccccc2N1C(=O)CO/N=C/c1ccccc1Br. The molecule has 1 atom stereocenters. The molecule has 0 bridgehead atoms. The lowest BCUT2D eigenvalue weighted by molar-refractivity contribution is -0.123. The van der Waals surface area contributed by atoms with Gasteiger partial charge in [-0.15, -0.1) is 0 Å². The van der Waals surface area contributed by atoms with E-state index in [1.54, 1.807) is 11.1 Å². The minimum atomic E-state index is -0.0771. The summed E-state index contributed by atoms with van der Waals surface area (Å²) in [6.07, 6.45) is 2.47. The lowest BCUT2D eigenvalue weighted by Gasteiger charge is -2.21. The summed E-state index contributed by atoms with van der Waals surface area (Å²) in [4.78, 5) is 19.4. The Morgan fingerprint density at radius 1 is 1.30 bits per heavy atom. The molecule has 5 heteroatoms. The number of rotatable bonds is 4. The Bertz CT molecular complexity index is 745. The maximum atomic E-state index is 12.4. The van der Waals surface area contributed by atoms with Crippen molar-refractivity contribution in [3.05, 3.63) is 64.1 Å². The van der Waals surface area contributed by atoms with E-state index >= 15 is 0 Å². The van der Waals surface area contributed by atoms with Crippen LogP contribution in [0.25, 0.3) is 0 Å². The van der Waals surface area contributed by atoms with E-state index in [9.17, 15) is 4.79 Å². The maximum Gasteiger partial charge on any atom is 0.268 e. The zero-order chi connectivity index (χ0) is 16.2. The van der Waals surface area contributed by atoms with E-state index in [2.05, 4.69) is 27.2 Å². The number of oxime groups is 1. The van der Waals surface area contributed by atoms with Crippen LogP contribution in [0, 0.1) is 0 Å². The number of anilines is 1. The summed E-state index contributed by atoms with van der Waals surface area (Å²) >= 11 is 3.44. The molecular weight excluding hydrogens is 356 g/mol. The average molecular weight is 373 g/mol. The van der Waals surface area contributed by atoms with E-state index in [1.807, 2.05) is 49.4 Å². The van der Waals surface area contributed by atoms with Gasteiger partial charge in [-0.25, -0.2) is 0 Å². The fourth-order valence-electron chi connectivity index (χ4n) is 2.78. The summed E-state index contributed by atoms with van der Waals surface area (Å²) in [7, 11) is 0. The van der Waals surface area contributed by atoms with Crippen molar-refractivity contribution in [2.24, 2.45) is 5.16 Å². The van der Waals surface area contributed by atoms with Crippen molar-refractivity contribution in [1.82, 2.24) is 0 Å². The zero-order valence-corrected chi connectivity index (χ0v) is 14.4. The predicted octanol–water partition coefficient (Wildman–Crippen LogP) is 3.78. The lowest BCUT2D eigenvalue weighted by atomic mass is 10.1. The molecule has 1 aliphatic rings. The monoisotopic (exact) mass is 372 g/mol. The van der Waals surface area contributed by atoms with E-state index in [0.717, 1.165) is 22.1 Å². The van der Waals surface area contributed by atoms with Crippen LogP contribution in [0.4, 0.5) is 5.69 Å². The van der Waals surface area contributed by atoms with Gasteiger partial charge in [-0.3, -0.25) is 4.79 Å². The summed E-state index contributed by atoms with van der Waals surface area (Å²) in [6, 6.07) is 15.8. The molecule has 0 spiro atoms. The number of carbonyl (C=O) groups excluding carboxylic acids is 1. The van der Waals surface area contributed by atoms with Crippen molar-refractivity contribution in [1.29, 1.82) is 0 Å². The lowest BCUT2D eigenvalue weighted by Crippen LogP contribution is -2.37. The third kappa shape index (κ3) is 3.45. The maximum absolute atomic E-state index is 12.4. The molecular formula is C18H17BrN2O2. The molecule has 3 rings (SSSR count). The second-order valence-corrected chi connectivity index (χ2v) is 6.33. The Balaban J connectivity index is 1.61. The molecule has 1 heterocycles. The van der Waals surface area contributed by atoms with E-state index in [4.69, 9.17) is 4.84 Å². The molecule has 2 aromatic rings. The van der Waals surface area contributed by atoms with E-state index in [0.29, 0.717) is 0 Å². The predicted molar refractivity (Wildman–Crippen MR) is 94.8 cm³/mol. The number of hydrogen-bond donors (Lipinski definition) is 0. The van der Waals surface area contributed by atoms with Gasteiger partial charge in [0.05, 0.1) is 6.21 Å². The summed E-state index contributed by atoms with van der Waals surface area (Å²) in [5, 5.41) is 3.89. The first kappa shape index (κ1) is 15.7. The Hall–Kier alpha value is -2.14. The normalized spacial score (nSPS) is 16.6. The van der Waals surface area contributed by atoms with Crippen molar-refractivity contribution in [3.8, 4) is 0 Å². The third-order valence-electron chi connectivity index (χ3n) is 3.84. The summed E-state index contributed by atoms with van der Waals surface area (Å²) in [5.41, 5.74) is 3.08. The Morgan fingerprint density at radius 2 is 2.04 bits per heavy atom. The summed E-state index contributed by atoms with van der Waals surface area (Å²) in [5.74, 6) is -0.0771. The second kappa shape index (κ2) is 6.96. The van der Waals surface area contributed by atoms with Crippen molar-refractivity contribution in [2.45, 2.75) is 19.4 Å². The quantitative estimate of drug-likeness (QED) is 0.605. The van der Waals surface area contributed by atoms with Crippen LogP contribution in [0.2, 0.25) is 0 Å². The van der Waals surface area contributed by atoms with Crippen LogP contribution in [-0.2, 0) is 16.1 Å². The molecule has 23 heavy (non-hydrogen) atoms. The van der Waals surface area contributed by atoms with Gasteiger partial charge < -0.3 is 9.74 Å². The second-order valence-electron chi connectivity index (χ2n) is 5.48. The topological polar surface area (TPSA) is 41.9 Å². The van der Waals surface area contributed by atoms with Crippen LogP contribution in [0.1, 0.15) is 18.1 Å². The van der Waals surface area contributed by atoms with Gasteiger partial charge in [-0.1, -0.05) is 57.5 Å². The molecule has 1 aliphatic heterocycles. The van der Waals surface area contributed by atoms with E-state index in [-0.39, 0.29) is 18.6 Å². The van der Waals surface area contributed by atoms with Crippen molar-refractivity contribution >= 4 is 33.7 Å². The highest BCUT2D eigenvalue weighted by Gasteiger charge is 2.30. The van der Waals surface area contributed by atoms with E-state index in [1.165, 1.54) is 5.56 Å². The van der Waals surface area contributed by atoms with Crippen LogP contribution in [0.5, 0.6) is 0 Å². The number of nitrogens with zero attached hydrogens (tertiary/aromatic N) is 2. The van der Waals surface area contributed by atoms with Crippen molar-refractivity contribution < 1.29 is 9.63 Å².